The first-order valence-corrected chi connectivity index (χ1v) is 4.80. The fourth-order valence-electron chi connectivity index (χ4n) is 0.970. The first kappa shape index (κ1) is 12.6. The predicted octanol–water partition coefficient (Wildman–Crippen LogP) is 0.110. The second-order valence-electron chi connectivity index (χ2n) is 3.55. The number of benzene rings is 1. The first-order valence-electron chi connectivity index (χ1n) is 4.80. The second-order valence-corrected chi connectivity index (χ2v) is 3.55. The molecule has 1 rings (SSSR count). The SMILES string of the molecule is CC(COC(=O)c1ccccc1)C(O)(O)O. The summed E-state index contributed by atoms with van der Waals surface area (Å²) in [7, 11) is 0. The van der Waals surface area contributed by atoms with Crippen LogP contribution in [0.4, 0.5) is 0 Å². The van der Waals surface area contributed by atoms with Crippen LogP contribution in [0.3, 0.4) is 0 Å². The van der Waals surface area contributed by atoms with Crippen molar-refractivity contribution >= 4 is 5.97 Å². The molecular weight excluding hydrogens is 212 g/mol. The number of hydrogen-bond acceptors (Lipinski definition) is 5. The maximum absolute atomic E-state index is 11.4. The van der Waals surface area contributed by atoms with Crippen LogP contribution in [0.15, 0.2) is 30.3 Å². The van der Waals surface area contributed by atoms with E-state index in [0.29, 0.717) is 5.56 Å². The maximum atomic E-state index is 11.4. The highest BCUT2D eigenvalue weighted by atomic mass is 16.7. The molecule has 88 valence electrons. The lowest BCUT2D eigenvalue weighted by Crippen LogP contribution is -2.38. The van der Waals surface area contributed by atoms with E-state index in [1.807, 2.05) is 0 Å². The normalized spacial score (nSPS) is 13.2. The molecule has 0 saturated heterocycles. The Morgan fingerprint density at radius 1 is 1.31 bits per heavy atom. The van der Waals surface area contributed by atoms with Gasteiger partial charge in [0.25, 0.3) is 5.97 Å². The van der Waals surface area contributed by atoms with Crippen LogP contribution in [0.1, 0.15) is 17.3 Å². The summed E-state index contributed by atoms with van der Waals surface area (Å²) in [5.74, 6) is -4.39. The molecule has 0 aliphatic heterocycles. The van der Waals surface area contributed by atoms with E-state index < -0.39 is 17.9 Å². The highest BCUT2D eigenvalue weighted by Gasteiger charge is 2.29. The van der Waals surface area contributed by atoms with E-state index in [4.69, 9.17) is 20.1 Å². The van der Waals surface area contributed by atoms with Crippen molar-refractivity contribution in [2.24, 2.45) is 5.92 Å². The summed E-state index contributed by atoms with van der Waals surface area (Å²) in [4.78, 5) is 11.4. The molecule has 1 unspecified atom stereocenters. The van der Waals surface area contributed by atoms with E-state index in [1.165, 1.54) is 6.92 Å². The van der Waals surface area contributed by atoms with Gasteiger partial charge < -0.3 is 20.1 Å². The molecular formula is C11H14O5. The largest absolute Gasteiger partial charge is 0.461 e. The van der Waals surface area contributed by atoms with Gasteiger partial charge in [-0.05, 0) is 12.1 Å². The topological polar surface area (TPSA) is 87.0 Å². The second kappa shape index (κ2) is 5.07. The van der Waals surface area contributed by atoms with Crippen molar-refractivity contribution in [3.8, 4) is 0 Å². The van der Waals surface area contributed by atoms with Gasteiger partial charge in [-0.3, -0.25) is 0 Å². The molecule has 1 aromatic carbocycles. The van der Waals surface area contributed by atoms with Crippen LogP contribution in [-0.2, 0) is 4.74 Å². The van der Waals surface area contributed by atoms with Gasteiger partial charge in [-0.25, -0.2) is 4.79 Å². The number of rotatable bonds is 4. The molecule has 3 N–H and O–H groups in total. The molecule has 1 atom stereocenters. The average Bonchev–Trinajstić information content (AvgIpc) is 2.25. The molecule has 1 aromatic rings. The minimum Gasteiger partial charge on any atom is -0.461 e. The lowest BCUT2D eigenvalue weighted by molar-refractivity contribution is -0.342. The summed E-state index contributed by atoms with van der Waals surface area (Å²) >= 11 is 0. The third-order valence-electron chi connectivity index (χ3n) is 2.14. The number of esters is 1. The lowest BCUT2D eigenvalue weighted by Gasteiger charge is -2.21. The molecule has 0 spiro atoms. The summed E-state index contributed by atoms with van der Waals surface area (Å²) in [5, 5.41) is 26.4. The molecule has 0 aliphatic rings. The number of carbonyl (C=O) groups excluding carboxylic acids is 1. The van der Waals surface area contributed by atoms with Gasteiger partial charge in [-0.2, -0.15) is 0 Å². The molecule has 5 nitrogen and oxygen atoms in total. The van der Waals surface area contributed by atoms with Crippen LogP contribution in [-0.4, -0.2) is 33.9 Å². The van der Waals surface area contributed by atoms with Crippen molar-refractivity contribution in [2.75, 3.05) is 6.61 Å². The monoisotopic (exact) mass is 226 g/mol. The molecule has 0 radical (unpaired) electrons. The van der Waals surface area contributed by atoms with E-state index in [0.717, 1.165) is 0 Å². The highest BCUT2D eigenvalue weighted by molar-refractivity contribution is 5.89. The Labute approximate surface area is 92.9 Å². The zero-order chi connectivity index (χ0) is 12.2. The molecule has 0 aromatic heterocycles. The number of ether oxygens (including phenoxy) is 1. The van der Waals surface area contributed by atoms with Gasteiger partial charge >= 0.3 is 5.97 Å². The number of carbonyl (C=O) groups is 1. The van der Waals surface area contributed by atoms with Crippen LogP contribution in [0, 0.1) is 5.92 Å². The van der Waals surface area contributed by atoms with Gasteiger partial charge in [0.05, 0.1) is 11.5 Å². The molecule has 0 amide bonds. The fraction of sp³-hybridized carbons (Fsp3) is 0.364. The summed E-state index contributed by atoms with van der Waals surface area (Å²) in [6.07, 6.45) is 0. The Kier molecular flexibility index (Phi) is 4.00. The van der Waals surface area contributed by atoms with Gasteiger partial charge in [0, 0.05) is 0 Å². The average molecular weight is 226 g/mol. The Hall–Kier alpha value is -1.43. The van der Waals surface area contributed by atoms with Crippen molar-refractivity contribution in [1.29, 1.82) is 0 Å². The highest BCUT2D eigenvalue weighted by Crippen LogP contribution is 2.11. The van der Waals surface area contributed by atoms with Crippen LogP contribution in [0.2, 0.25) is 0 Å². The smallest absolute Gasteiger partial charge is 0.338 e. The Bertz CT molecular complexity index is 341. The van der Waals surface area contributed by atoms with Crippen LogP contribution >= 0.6 is 0 Å². The van der Waals surface area contributed by atoms with E-state index in [2.05, 4.69) is 0 Å². The fourth-order valence-corrected chi connectivity index (χ4v) is 0.970. The summed E-state index contributed by atoms with van der Waals surface area (Å²) in [6, 6.07) is 8.30. The third kappa shape index (κ3) is 3.62. The van der Waals surface area contributed by atoms with Crippen molar-refractivity contribution in [3.63, 3.8) is 0 Å². The van der Waals surface area contributed by atoms with Crippen molar-refractivity contribution in [2.45, 2.75) is 12.9 Å². The minimum atomic E-state index is -2.84. The Balaban J connectivity index is 2.48. The quantitative estimate of drug-likeness (QED) is 0.501. The molecule has 16 heavy (non-hydrogen) atoms. The van der Waals surface area contributed by atoms with E-state index in [-0.39, 0.29) is 6.61 Å². The predicted molar refractivity (Wildman–Crippen MR) is 55.3 cm³/mol. The number of hydrogen-bond donors (Lipinski definition) is 3. The number of aliphatic hydroxyl groups is 3. The van der Waals surface area contributed by atoms with Crippen molar-refractivity contribution < 1.29 is 24.9 Å². The van der Waals surface area contributed by atoms with E-state index in [1.54, 1.807) is 30.3 Å². The molecule has 0 heterocycles. The van der Waals surface area contributed by atoms with E-state index in [9.17, 15) is 4.79 Å². The van der Waals surface area contributed by atoms with Gasteiger partial charge in [0.15, 0.2) is 0 Å². The van der Waals surface area contributed by atoms with Gasteiger partial charge in [-0.1, -0.05) is 25.1 Å². The van der Waals surface area contributed by atoms with Gasteiger partial charge in [0.1, 0.15) is 6.61 Å². The molecule has 0 aliphatic carbocycles. The van der Waals surface area contributed by atoms with Crippen LogP contribution in [0.25, 0.3) is 0 Å². The van der Waals surface area contributed by atoms with Crippen molar-refractivity contribution in [3.05, 3.63) is 35.9 Å². The van der Waals surface area contributed by atoms with Gasteiger partial charge in [0.2, 0.25) is 0 Å². The summed E-state index contributed by atoms with van der Waals surface area (Å²) in [6.45, 7) is 1.06. The Morgan fingerprint density at radius 2 is 1.88 bits per heavy atom. The summed E-state index contributed by atoms with van der Waals surface area (Å²) < 4.78 is 4.80. The molecule has 0 bridgehead atoms. The molecule has 0 fully saturated rings. The van der Waals surface area contributed by atoms with E-state index >= 15 is 0 Å². The third-order valence-corrected chi connectivity index (χ3v) is 2.14. The van der Waals surface area contributed by atoms with Crippen LogP contribution < -0.4 is 0 Å². The molecule has 0 saturated carbocycles. The Morgan fingerprint density at radius 3 is 2.38 bits per heavy atom. The zero-order valence-corrected chi connectivity index (χ0v) is 8.83. The minimum absolute atomic E-state index is 0.281. The first-order chi connectivity index (χ1) is 7.41. The molecule has 5 heteroatoms. The lowest BCUT2D eigenvalue weighted by atomic mass is 10.1. The van der Waals surface area contributed by atoms with Crippen molar-refractivity contribution in [1.82, 2.24) is 0 Å². The standard InChI is InChI=1S/C11H14O5/c1-8(11(13,14)15)7-16-10(12)9-5-3-2-4-6-9/h2-6,8,13-15H,7H2,1H3. The zero-order valence-electron chi connectivity index (χ0n) is 8.83. The van der Waals surface area contributed by atoms with Crippen LogP contribution in [0.5, 0.6) is 0 Å². The summed E-state index contributed by atoms with van der Waals surface area (Å²) in [5.41, 5.74) is 0.370. The van der Waals surface area contributed by atoms with Gasteiger partial charge in [-0.15, -0.1) is 0 Å². The maximum Gasteiger partial charge on any atom is 0.338 e.